The number of nitrogens with one attached hydrogen (secondary N) is 1. The number of amides is 1. The van der Waals surface area contributed by atoms with E-state index >= 15 is 0 Å². The van der Waals surface area contributed by atoms with Crippen molar-refractivity contribution in [1.29, 1.82) is 5.26 Å². The Morgan fingerprint density at radius 1 is 1.26 bits per heavy atom. The highest BCUT2D eigenvalue weighted by molar-refractivity contribution is 5.71. The minimum Gasteiger partial charge on any atom is -0.390 e. The second-order valence-corrected chi connectivity index (χ2v) is 7.76. The topological polar surface area (TPSA) is 81.5 Å². The maximum atomic E-state index is 13.0. The molecule has 1 atom stereocenters. The number of nitriles is 1. The first-order chi connectivity index (χ1) is 13.3. The van der Waals surface area contributed by atoms with Gasteiger partial charge in [-0.25, -0.2) is 9.78 Å². The fourth-order valence-electron chi connectivity index (χ4n) is 4.47. The van der Waals surface area contributed by atoms with E-state index in [1.807, 2.05) is 11.0 Å². The summed E-state index contributed by atoms with van der Waals surface area (Å²) in [5.41, 5.74) is 0.289. The molecule has 144 valence electrons. The molecule has 3 fully saturated rings. The zero-order valence-electron chi connectivity index (χ0n) is 15.6. The van der Waals surface area contributed by atoms with Crippen LogP contribution in [0.1, 0.15) is 37.7 Å². The molecule has 1 N–H and O–H groups in total. The number of aromatic nitrogens is 1. The third kappa shape index (κ3) is 3.92. The van der Waals surface area contributed by atoms with Crippen LogP contribution in [0.2, 0.25) is 0 Å². The molecule has 0 radical (unpaired) electrons. The fourth-order valence-corrected chi connectivity index (χ4v) is 4.47. The second kappa shape index (κ2) is 8.24. The normalized spacial score (nSPS) is 24.9. The number of piperidine rings is 1. The van der Waals surface area contributed by atoms with Crippen LogP contribution < -0.4 is 10.1 Å². The summed E-state index contributed by atoms with van der Waals surface area (Å²) in [6.45, 7) is 4.52. The molecule has 7 nitrogen and oxygen atoms in total. The van der Waals surface area contributed by atoms with Gasteiger partial charge in [-0.1, -0.05) is 6.42 Å². The van der Waals surface area contributed by atoms with Crippen molar-refractivity contribution in [3.8, 4) is 11.9 Å². The molecule has 2 aliphatic heterocycles. The lowest BCUT2D eigenvalue weighted by molar-refractivity contribution is 0.00445. The van der Waals surface area contributed by atoms with Gasteiger partial charge in [-0.3, -0.25) is 4.90 Å². The van der Waals surface area contributed by atoms with E-state index in [-0.39, 0.29) is 23.6 Å². The number of carbonyl (C=O) groups is 1. The maximum absolute atomic E-state index is 13.0. The Morgan fingerprint density at radius 2 is 2.07 bits per heavy atom. The summed E-state index contributed by atoms with van der Waals surface area (Å²) in [6.07, 6.45) is 7.22. The zero-order valence-corrected chi connectivity index (χ0v) is 15.6. The molecule has 0 aromatic carbocycles. The number of piperazine rings is 1. The predicted octanol–water partition coefficient (Wildman–Crippen LogP) is 1.99. The number of ether oxygens (including phenoxy) is 1. The lowest BCUT2D eigenvalue weighted by Gasteiger charge is -2.49. The van der Waals surface area contributed by atoms with Gasteiger partial charge in [0.1, 0.15) is 11.6 Å². The summed E-state index contributed by atoms with van der Waals surface area (Å²) in [5.74, 6) is 0.594. The van der Waals surface area contributed by atoms with Crippen LogP contribution in [0.5, 0.6) is 5.88 Å². The van der Waals surface area contributed by atoms with Gasteiger partial charge in [0.15, 0.2) is 0 Å². The maximum Gasteiger partial charge on any atom is 0.416 e. The summed E-state index contributed by atoms with van der Waals surface area (Å²) < 4.78 is 5.55. The van der Waals surface area contributed by atoms with Crippen molar-refractivity contribution in [3.63, 3.8) is 0 Å². The van der Waals surface area contributed by atoms with Gasteiger partial charge in [0.2, 0.25) is 5.88 Å². The smallest absolute Gasteiger partial charge is 0.390 e. The third-order valence-electron chi connectivity index (χ3n) is 6.28. The SMILES string of the molecule is N#Cc1cccnc1OC(=O)N1CCN(C2CCC2)CC1C1CCNCC1. The molecule has 7 heteroatoms. The second-order valence-electron chi connectivity index (χ2n) is 7.76. The Morgan fingerprint density at radius 3 is 2.78 bits per heavy atom. The molecule has 1 unspecified atom stereocenters. The van der Waals surface area contributed by atoms with Gasteiger partial charge in [0, 0.05) is 31.9 Å². The van der Waals surface area contributed by atoms with Crippen LogP contribution in [0.3, 0.4) is 0 Å². The van der Waals surface area contributed by atoms with Crippen molar-refractivity contribution in [2.24, 2.45) is 5.92 Å². The molecule has 27 heavy (non-hydrogen) atoms. The van der Waals surface area contributed by atoms with Gasteiger partial charge >= 0.3 is 6.09 Å². The summed E-state index contributed by atoms with van der Waals surface area (Å²) in [7, 11) is 0. The van der Waals surface area contributed by atoms with Crippen LogP contribution in [-0.4, -0.2) is 65.7 Å². The highest BCUT2D eigenvalue weighted by Gasteiger charge is 2.40. The third-order valence-corrected chi connectivity index (χ3v) is 6.28. The molecule has 1 saturated carbocycles. The van der Waals surface area contributed by atoms with Crippen molar-refractivity contribution in [1.82, 2.24) is 20.1 Å². The lowest BCUT2D eigenvalue weighted by Crippen LogP contribution is -2.62. The van der Waals surface area contributed by atoms with Crippen molar-refractivity contribution in [3.05, 3.63) is 23.9 Å². The molecule has 4 rings (SSSR count). The fraction of sp³-hybridized carbons (Fsp3) is 0.650. The van der Waals surface area contributed by atoms with E-state index in [1.165, 1.54) is 19.3 Å². The van der Waals surface area contributed by atoms with E-state index in [0.29, 0.717) is 18.5 Å². The van der Waals surface area contributed by atoms with Crippen LogP contribution in [0.15, 0.2) is 18.3 Å². The minimum atomic E-state index is -0.373. The van der Waals surface area contributed by atoms with E-state index in [1.54, 1.807) is 18.3 Å². The largest absolute Gasteiger partial charge is 0.416 e. The van der Waals surface area contributed by atoms with Crippen molar-refractivity contribution < 1.29 is 9.53 Å². The Balaban J connectivity index is 1.49. The first kappa shape index (κ1) is 18.2. The molecule has 3 aliphatic rings. The predicted molar refractivity (Wildman–Crippen MR) is 100 cm³/mol. The summed E-state index contributed by atoms with van der Waals surface area (Å²) >= 11 is 0. The average molecular weight is 369 g/mol. The Labute approximate surface area is 160 Å². The highest BCUT2D eigenvalue weighted by Crippen LogP contribution is 2.31. The molecule has 0 bridgehead atoms. The number of hydrogen-bond donors (Lipinski definition) is 1. The first-order valence-corrected chi connectivity index (χ1v) is 10.0. The molecule has 2 saturated heterocycles. The van der Waals surface area contributed by atoms with Crippen LogP contribution in [-0.2, 0) is 0 Å². The van der Waals surface area contributed by atoms with Gasteiger partial charge in [-0.2, -0.15) is 5.26 Å². The minimum absolute atomic E-state index is 0.107. The number of rotatable bonds is 3. The Hall–Kier alpha value is -2.17. The quantitative estimate of drug-likeness (QED) is 0.878. The van der Waals surface area contributed by atoms with Gasteiger partial charge < -0.3 is 15.0 Å². The molecular weight excluding hydrogens is 342 g/mol. The van der Waals surface area contributed by atoms with Crippen LogP contribution in [0, 0.1) is 17.2 Å². The molecule has 1 aromatic rings. The Kier molecular flexibility index (Phi) is 5.55. The van der Waals surface area contributed by atoms with E-state index in [0.717, 1.165) is 39.0 Å². The monoisotopic (exact) mass is 369 g/mol. The molecule has 1 amide bonds. The van der Waals surface area contributed by atoms with Crippen LogP contribution >= 0.6 is 0 Å². The van der Waals surface area contributed by atoms with E-state index in [2.05, 4.69) is 15.2 Å². The molecule has 0 spiro atoms. The van der Waals surface area contributed by atoms with Crippen molar-refractivity contribution in [2.45, 2.75) is 44.2 Å². The highest BCUT2D eigenvalue weighted by atomic mass is 16.6. The zero-order chi connectivity index (χ0) is 18.6. The van der Waals surface area contributed by atoms with Gasteiger partial charge in [0.05, 0.1) is 6.04 Å². The number of nitrogens with zero attached hydrogens (tertiary/aromatic N) is 4. The molecule has 3 heterocycles. The van der Waals surface area contributed by atoms with Gasteiger partial charge in [-0.05, 0) is 56.8 Å². The van der Waals surface area contributed by atoms with E-state index < -0.39 is 0 Å². The Bertz CT molecular complexity index is 709. The lowest BCUT2D eigenvalue weighted by atomic mass is 9.85. The molecule has 1 aromatic heterocycles. The molecular formula is C20H27N5O2. The number of hydrogen-bond acceptors (Lipinski definition) is 6. The first-order valence-electron chi connectivity index (χ1n) is 10.0. The van der Waals surface area contributed by atoms with E-state index in [4.69, 9.17) is 4.74 Å². The average Bonchev–Trinajstić information content (AvgIpc) is 2.67. The van der Waals surface area contributed by atoms with Gasteiger partial charge in [0.25, 0.3) is 0 Å². The van der Waals surface area contributed by atoms with Gasteiger partial charge in [-0.15, -0.1) is 0 Å². The van der Waals surface area contributed by atoms with E-state index in [9.17, 15) is 10.1 Å². The van der Waals surface area contributed by atoms with Crippen molar-refractivity contribution in [2.75, 3.05) is 32.7 Å². The van der Waals surface area contributed by atoms with Crippen LogP contribution in [0.4, 0.5) is 4.79 Å². The van der Waals surface area contributed by atoms with Crippen molar-refractivity contribution >= 4 is 6.09 Å². The summed E-state index contributed by atoms with van der Waals surface area (Å²) in [4.78, 5) is 21.5. The summed E-state index contributed by atoms with van der Waals surface area (Å²) in [5, 5.41) is 12.6. The van der Waals surface area contributed by atoms with Crippen LogP contribution in [0.25, 0.3) is 0 Å². The summed E-state index contributed by atoms with van der Waals surface area (Å²) in [6, 6.07) is 6.19. The standard InChI is InChI=1S/C20H27N5O2/c21-13-16-3-2-8-23-19(16)27-20(26)25-12-11-24(17-4-1-5-17)14-18(25)15-6-9-22-10-7-15/h2-3,8,15,17-18,22H,1,4-7,9-12,14H2. The number of pyridine rings is 1. The molecule has 1 aliphatic carbocycles. The number of carbonyl (C=O) groups excluding carboxylic acids is 1.